The largest absolute Gasteiger partial charge is 0.399 e. The molecule has 2 aromatic rings. The summed E-state index contributed by atoms with van der Waals surface area (Å²) in [4.78, 5) is 26.0. The van der Waals surface area contributed by atoms with Gasteiger partial charge in [0.05, 0.1) is 11.3 Å². The van der Waals surface area contributed by atoms with Crippen molar-refractivity contribution in [3.8, 4) is 0 Å². The van der Waals surface area contributed by atoms with E-state index in [1.807, 2.05) is 0 Å². The molecule has 0 atom stereocenters. The molecule has 0 bridgehead atoms. The molecule has 0 amide bonds. The number of rotatable bonds is 5. The van der Waals surface area contributed by atoms with Crippen molar-refractivity contribution in [2.45, 2.75) is 16.2 Å². The number of nitrogen functional groups attached to an aromatic ring is 1. The summed E-state index contributed by atoms with van der Waals surface area (Å²) in [6.45, 7) is 0. The molecule has 114 valence electrons. The highest BCUT2D eigenvalue weighted by Gasteiger charge is 2.18. The van der Waals surface area contributed by atoms with Crippen molar-refractivity contribution in [3.05, 3.63) is 58.1 Å². The van der Waals surface area contributed by atoms with Gasteiger partial charge in [0.1, 0.15) is 0 Å². The Morgan fingerprint density at radius 2 is 1.86 bits per heavy atom. The van der Waals surface area contributed by atoms with E-state index in [0.717, 1.165) is 4.90 Å². The summed E-state index contributed by atoms with van der Waals surface area (Å²) in [6, 6.07) is 11.4. The third-order valence-corrected chi connectivity index (χ3v) is 3.78. The number of nitro groups is 1. The number of halogens is 1. The van der Waals surface area contributed by atoms with Crippen molar-refractivity contribution in [3.63, 3.8) is 0 Å². The first kappa shape index (κ1) is 15.8. The van der Waals surface area contributed by atoms with Crippen molar-refractivity contribution in [1.29, 1.82) is 0 Å². The predicted molar refractivity (Wildman–Crippen MR) is 79.0 cm³/mol. The van der Waals surface area contributed by atoms with Gasteiger partial charge in [-0.25, -0.2) is 4.79 Å². The van der Waals surface area contributed by atoms with Gasteiger partial charge in [0, 0.05) is 31.6 Å². The highest BCUT2D eigenvalue weighted by molar-refractivity contribution is 7.99. The van der Waals surface area contributed by atoms with Gasteiger partial charge in [-0.05, 0) is 36.4 Å². The SMILES string of the molecule is Nc1ccc(Sc2ccc([N+](=O)[O-])c(CC(=O)OF)c2)cc1. The molecule has 2 rings (SSSR count). The van der Waals surface area contributed by atoms with Gasteiger partial charge >= 0.3 is 5.97 Å². The molecule has 0 aliphatic carbocycles. The van der Waals surface area contributed by atoms with E-state index in [9.17, 15) is 19.4 Å². The minimum absolute atomic E-state index is 0.0908. The van der Waals surface area contributed by atoms with Crippen molar-refractivity contribution in [1.82, 2.24) is 0 Å². The smallest absolute Gasteiger partial charge is 0.353 e. The summed E-state index contributed by atoms with van der Waals surface area (Å²) in [6.07, 6.45) is -0.511. The van der Waals surface area contributed by atoms with Crippen LogP contribution in [-0.4, -0.2) is 10.9 Å². The summed E-state index contributed by atoms with van der Waals surface area (Å²) in [5.41, 5.74) is 6.05. The Labute approximate surface area is 129 Å². The first-order chi connectivity index (χ1) is 10.5. The van der Waals surface area contributed by atoms with Crippen molar-refractivity contribution >= 4 is 29.1 Å². The van der Waals surface area contributed by atoms with Gasteiger partial charge in [-0.2, -0.15) is 0 Å². The molecule has 0 saturated carbocycles. The molecule has 0 aromatic heterocycles. The van der Waals surface area contributed by atoms with Crippen molar-refractivity contribution < 1.29 is 19.2 Å². The van der Waals surface area contributed by atoms with Gasteiger partial charge in [-0.1, -0.05) is 11.8 Å². The van der Waals surface area contributed by atoms with Gasteiger partial charge in [0.25, 0.3) is 5.69 Å². The van der Waals surface area contributed by atoms with Crippen LogP contribution in [0.2, 0.25) is 0 Å². The number of nitrogens with zero attached hydrogens (tertiary/aromatic N) is 1. The third kappa shape index (κ3) is 3.95. The molecule has 0 radical (unpaired) electrons. The normalized spacial score (nSPS) is 10.2. The standard InChI is InChI=1S/C14H11FN2O4S/c15-21-14(18)8-9-7-12(5-6-13(9)17(19)20)22-11-3-1-10(16)2-4-11/h1-7H,8,16H2. The first-order valence-electron chi connectivity index (χ1n) is 6.11. The second kappa shape index (κ2) is 6.90. The topological polar surface area (TPSA) is 95.5 Å². The lowest BCUT2D eigenvalue weighted by molar-refractivity contribution is -0.385. The highest BCUT2D eigenvalue weighted by Crippen LogP contribution is 2.32. The van der Waals surface area contributed by atoms with Crippen LogP contribution in [0.3, 0.4) is 0 Å². The molecule has 6 nitrogen and oxygen atoms in total. The molecule has 22 heavy (non-hydrogen) atoms. The molecule has 0 unspecified atom stereocenters. The Kier molecular flexibility index (Phi) is 4.95. The van der Waals surface area contributed by atoms with Crippen LogP contribution < -0.4 is 5.73 Å². The quantitative estimate of drug-likeness (QED) is 0.515. The number of hydrogen-bond acceptors (Lipinski definition) is 6. The molecule has 2 aromatic carbocycles. The molecule has 0 aliphatic rings. The Balaban J connectivity index is 2.29. The molecule has 0 spiro atoms. The zero-order chi connectivity index (χ0) is 16.1. The molecular weight excluding hydrogens is 311 g/mol. The van der Waals surface area contributed by atoms with Gasteiger partial charge < -0.3 is 5.73 Å². The maximum absolute atomic E-state index is 11.9. The fourth-order valence-corrected chi connectivity index (χ4v) is 2.68. The van der Waals surface area contributed by atoms with Crippen molar-refractivity contribution in [2.24, 2.45) is 0 Å². The zero-order valence-corrected chi connectivity index (χ0v) is 12.0. The van der Waals surface area contributed by atoms with Gasteiger partial charge in [-0.15, -0.1) is 0 Å². The predicted octanol–water partition coefficient (Wildman–Crippen LogP) is 3.30. The Morgan fingerprint density at radius 1 is 1.23 bits per heavy atom. The maximum Gasteiger partial charge on any atom is 0.353 e. The van der Waals surface area contributed by atoms with Crippen LogP contribution in [0.25, 0.3) is 0 Å². The summed E-state index contributed by atoms with van der Waals surface area (Å²) in [5.74, 6) is -1.18. The highest BCUT2D eigenvalue weighted by atomic mass is 32.2. The van der Waals surface area contributed by atoms with Crippen molar-refractivity contribution in [2.75, 3.05) is 5.73 Å². The molecule has 0 fully saturated rings. The monoisotopic (exact) mass is 322 g/mol. The average Bonchev–Trinajstić information content (AvgIpc) is 2.49. The lowest BCUT2D eigenvalue weighted by Gasteiger charge is -2.05. The van der Waals surface area contributed by atoms with E-state index in [-0.39, 0.29) is 11.3 Å². The van der Waals surface area contributed by atoms with E-state index in [1.54, 1.807) is 30.3 Å². The van der Waals surface area contributed by atoms with E-state index < -0.39 is 17.3 Å². The lowest BCUT2D eigenvalue weighted by atomic mass is 10.1. The summed E-state index contributed by atoms with van der Waals surface area (Å²) in [7, 11) is 0. The number of nitrogens with two attached hydrogens (primary N) is 1. The Morgan fingerprint density at radius 3 is 2.45 bits per heavy atom. The van der Waals surface area contributed by atoms with Gasteiger partial charge in [0.15, 0.2) is 0 Å². The number of nitro benzene ring substituents is 1. The van der Waals surface area contributed by atoms with E-state index in [0.29, 0.717) is 10.6 Å². The zero-order valence-electron chi connectivity index (χ0n) is 11.2. The van der Waals surface area contributed by atoms with Crippen LogP contribution >= 0.6 is 11.8 Å². The second-order valence-electron chi connectivity index (χ2n) is 4.34. The minimum Gasteiger partial charge on any atom is -0.399 e. The van der Waals surface area contributed by atoms with Crippen LogP contribution in [0, 0.1) is 10.1 Å². The number of hydrogen-bond donors (Lipinski definition) is 1. The van der Waals surface area contributed by atoms with E-state index in [2.05, 4.69) is 4.94 Å². The summed E-state index contributed by atoms with van der Waals surface area (Å²) < 4.78 is 11.9. The fourth-order valence-electron chi connectivity index (χ4n) is 1.80. The van der Waals surface area contributed by atoms with E-state index >= 15 is 0 Å². The first-order valence-corrected chi connectivity index (χ1v) is 6.93. The molecule has 0 saturated heterocycles. The lowest BCUT2D eigenvalue weighted by Crippen LogP contribution is -2.05. The third-order valence-electron chi connectivity index (χ3n) is 2.78. The maximum atomic E-state index is 11.9. The van der Waals surface area contributed by atoms with Crippen LogP contribution in [0.5, 0.6) is 0 Å². The number of carbonyl (C=O) groups is 1. The van der Waals surface area contributed by atoms with Crippen LogP contribution in [0.4, 0.5) is 15.9 Å². The Hall–Kier alpha value is -2.61. The molecular formula is C14H11FN2O4S. The second-order valence-corrected chi connectivity index (χ2v) is 5.49. The fraction of sp³-hybridized carbons (Fsp3) is 0.0714. The van der Waals surface area contributed by atoms with Crippen LogP contribution in [0.1, 0.15) is 5.56 Å². The summed E-state index contributed by atoms with van der Waals surface area (Å²) in [5, 5.41) is 10.9. The Bertz CT molecular complexity index is 706. The van der Waals surface area contributed by atoms with Crippen LogP contribution in [-0.2, 0) is 16.2 Å². The molecule has 8 heteroatoms. The summed E-state index contributed by atoms with van der Waals surface area (Å²) >= 11 is 1.34. The van der Waals surface area contributed by atoms with E-state index in [1.165, 1.54) is 23.9 Å². The van der Waals surface area contributed by atoms with Crippen LogP contribution in [0.15, 0.2) is 52.3 Å². The van der Waals surface area contributed by atoms with E-state index in [4.69, 9.17) is 5.73 Å². The number of carbonyl (C=O) groups excluding carboxylic acids is 1. The molecule has 0 heterocycles. The van der Waals surface area contributed by atoms with Gasteiger partial charge in [0.2, 0.25) is 0 Å². The molecule has 2 N–H and O–H groups in total. The average molecular weight is 322 g/mol. The number of benzene rings is 2. The minimum atomic E-state index is -1.18. The number of anilines is 1. The van der Waals surface area contributed by atoms with Gasteiger partial charge in [-0.3, -0.25) is 15.1 Å². The molecule has 0 aliphatic heterocycles.